The summed E-state index contributed by atoms with van der Waals surface area (Å²) in [5.74, 6) is 0.707. The maximum Gasteiger partial charge on any atom is 0.227 e. The third-order valence-corrected chi connectivity index (χ3v) is 3.31. The molecule has 0 radical (unpaired) electrons. The second-order valence-electron chi connectivity index (χ2n) is 5.14. The van der Waals surface area contributed by atoms with Crippen LogP contribution in [0.25, 0.3) is 10.9 Å². The number of anilines is 1. The van der Waals surface area contributed by atoms with Crippen molar-refractivity contribution in [3.8, 4) is 5.75 Å². The Kier molecular flexibility index (Phi) is 4.05. The number of carbonyl (C=O) groups excluding carboxylic acids is 1. The van der Waals surface area contributed by atoms with E-state index in [2.05, 4.69) is 15.5 Å². The maximum atomic E-state index is 11.9. The van der Waals surface area contributed by atoms with E-state index in [0.717, 1.165) is 27.9 Å². The Hall–Kier alpha value is -2.82. The number of H-pyrrole nitrogens is 1. The largest absolute Gasteiger partial charge is 0.493 e. The molecule has 0 atom stereocenters. The van der Waals surface area contributed by atoms with Crippen LogP contribution in [0.3, 0.4) is 0 Å². The van der Waals surface area contributed by atoms with E-state index in [1.165, 1.54) is 0 Å². The van der Waals surface area contributed by atoms with Crippen LogP contribution in [0.15, 0.2) is 48.7 Å². The summed E-state index contributed by atoms with van der Waals surface area (Å²) in [7, 11) is 0. The first-order chi connectivity index (χ1) is 10.7. The van der Waals surface area contributed by atoms with E-state index in [1.807, 2.05) is 49.4 Å². The number of carbonyl (C=O) groups is 1. The summed E-state index contributed by atoms with van der Waals surface area (Å²) in [6, 6.07) is 13.4. The zero-order valence-corrected chi connectivity index (χ0v) is 12.3. The lowest BCUT2D eigenvalue weighted by Gasteiger charge is -2.08. The van der Waals surface area contributed by atoms with Gasteiger partial charge in [0.15, 0.2) is 0 Å². The van der Waals surface area contributed by atoms with Crippen LogP contribution >= 0.6 is 0 Å². The molecule has 0 unspecified atom stereocenters. The average molecular weight is 295 g/mol. The number of nitrogens with zero attached hydrogens (tertiary/aromatic N) is 1. The fourth-order valence-corrected chi connectivity index (χ4v) is 2.20. The molecule has 0 bridgehead atoms. The van der Waals surface area contributed by atoms with Gasteiger partial charge in [-0.05, 0) is 42.8 Å². The van der Waals surface area contributed by atoms with Gasteiger partial charge in [-0.15, -0.1) is 0 Å². The van der Waals surface area contributed by atoms with Crippen molar-refractivity contribution in [3.63, 3.8) is 0 Å². The smallest absolute Gasteiger partial charge is 0.227 e. The first kappa shape index (κ1) is 14.1. The van der Waals surface area contributed by atoms with Crippen LogP contribution < -0.4 is 10.1 Å². The molecule has 0 aliphatic rings. The Morgan fingerprint density at radius 1 is 1.27 bits per heavy atom. The molecule has 0 saturated heterocycles. The fourth-order valence-electron chi connectivity index (χ4n) is 2.20. The molecular formula is C17H17N3O2. The molecule has 0 fully saturated rings. The Morgan fingerprint density at radius 3 is 3.05 bits per heavy atom. The van der Waals surface area contributed by atoms with E-state index in [4.69, 9.17) is 4.74 Å². The van der Waals surface area contributed by atoms with Crippen LogP contribution in [-0.4, -0.2) is 22.7 Å². The van der Waals surface area contributed by atoms with E-state index in [1.54, 1.807) is 6.20 Å². The summed E-state index contributed by atoms with van der Waals surface area (Å²) in [5.41, 5.74) is 2.78. The monoisotopic (exact) mass is 295 g/mol. The predicted octanol–water partition coefficient (Wildman–Crippen LogP) is 3.28. The van der Waals surface area contributed by atoms with Gasteiger partial charge >= 0.3 is 0 Å². The topological polar surface area (TPSA) is 67.0 Å². The van der Waals surface area contributed by atoms with Gasteiger partial charge in [0.2, 0.25) is 5.91 Å². The second-order valence-corrected chi connectivity index (χ2v) is 5.14. The number of hydrogen-bond donors (Lipinski definition) is 2. The van der Waals surface area contributed by atoms with Gasteiger partial charge in [-0.1, -0.05) is 12.1 Å². The summed E-state index contributed by atoms with van der Waals surface area (Å²) in [6.45, 7) is 2.35. The molecule has 5 nitrogen and oxygen atoms in total. The minimum atomic E-state index is -0.0773. The van der Waals surface area contributed by atoms with Gasteiger partial charge in [-0.3, -0.25) is 9.89 Å². The van der Waals surface area contributed by atoms with Crippen LogP contribution in [0.4, 0.5) is 5.69 Å². The van der Waals surface area contributed by atoms with E-state index in [-0.39, 0.29) is 5.91 Å². The predicted molar refractivity (Wildman–Crippen MR) is 86.0 cm³/mol. The Bertz CT molecular complexity index is 795. The zero-order chi connectivity index (χ0) is 15.4. The van der Waals surface area contributed by atoms with Gasteiger partial charge < -0.3 is 10.1 Å². The van der Waals surface area contributed by atoms with E-state index in [0.29, 0.717) is 13.0 Å². The number of benzene rings is 2. The number of fused-ring (bicyclic) bond motifs is 1. The molecule has 3 rings (SSSR count). The molecule has 1 aromatic heterocycles. The SMILES string of the molecule is Cc1cccc(OCCC(=O)Nc2ccc3cn[nH]c3c2)c1. The van der Waals surface area contributed by atoms with Crippen LogP contribution in [0, 0.1) is 6.92 Å². The number of aromatic nitrogens is 2. The molecule has 0 spiro atoms. The number of hydrogen-bond acceptors (Lipinski definition) is 3. The first-order valence-corrected chi connectivity index (χ1v) is 7.13. The van der Waals surface area contributed by atoms with Crippen molar-refractivity contribution in [2.24, 2.45) is 0 Å². The summed E-state index contributed by atoms with van der Waals surface area (Å²) in [4.78, 5) is 11.9. The Labute approximate surface area is 128 Å². The maximum absolute atomic E-state index is 11.9. The highest BCUT2D eigenvalue weighted by atomic mass is 16.5. The highest BCUT2D eigenvalue weighted by molar-refractivity contribution is 5.93. The minimum Gasteiger partial charge on any atom is -0.493 e. The number of nitrogens with one attached hydrogen (secondary N) is 2. The van der Waals surface area contributed by atoms with Gasteiger partial charge in [0.05, 0.1) is 24.7 Å². The number of rotatable bonds is 5. The summed E-state index contributed by atoms with van der Waals surface area (Å²) in [6.07, 6.45) is 2.05. The molecule has 2 N–H and O–H groups in total. The van der Waals surface area contributed by atoms with Gasteiger partial charge in [-0.25, -0.2) is 0 Å². The minimum absolute atomic E-state index is 0.0773. The lowest BCUT2D eigenvalue weighted by molar-refractivity contribution is -0.116. The van der Waals surface area contributed by atoms with E-state index >= 15 is 0 Å². The average Bonchev–Trinajstić information content (AvgIpc) is 2.95. The molecule has 112 valence electrons. The summed E-state index contributed by atoms with van der Waals surface area (Å²) >= 11 is 0. The molecule has 0 saturated carbocycles. The van der Waals surface area contributed by atoms with Crippen molar-refractivity contribution in [3.05, 3.63) is 54.2 Å². The van der Waals surface area contributed by atoms with Crippen molar-refractivity contribution < 1.29 is 9.53 Å². The highest BCUT2D eigenvalue weighted by Gasteiger charge is 2.04. The summed E-state index contributed by atoms with van der Waals surface area (Å²) < 4.78 is 5.58. The molecule has 2 aromatic carbocycles. The molecule has 1 amide bonds. The van der Waals surface area contributed by atoms with Crippen LogP contribution in [0.2, 0.25) is 0 Å². The fraction of sp³-hybridized carbons (Fsp3) is 0.176. The summed E-state index contributed by atoms with van der Waals surface area (Å²) in [5, 5.41) is 10.7. The quantitative estimate of drug-likeness (QED) is 0.759. The number of aryl methyl sites for hydroxylation is 1. The highest BCUT2D eigenvalue weighted by Crippen LogP contribution is 2.17. The lowest BCUT2D eigenvalue weighted by atomic mass is 10.2. The van der Waals surface area contributed by atoms with Gasteiger partial charge in [0.25, 0.3) is 0 Å². The van der Waals surface area contributed by atoms with Crippen LogP contribution in [-0.2, 0) is 4.79 Å². The van der Waals surface area contributed by atoms with Crippen molar-refractivity contribution in [1.82, 2.24) is 10.2 Å². The molecular weight excluding hydrogens is 278 g/mol. The molecule has 22 heavy (non-hydrogen) atoms. The van der Waals surface area contributed by atoms with E-state index < -0.39 is 0 Å². The molecule has 0 aliphatic heterocycles. The van der Waals surface area contributed by atoms with Crippen molar-refractivity contribution in [1.29, 1.82) is 0 Å². The van der Waals surface area contributed by atoms with Crippen molar-refractivity contribution in [2.45, 2.75) is 13.3 Å². The van der Waals surface area contributed by atoms with Gasteiger partial charge in [0.1, 0.15) is 5.75 Å². The van der Waals surface area contributed by atoms with Crippen LogP contribution in [0.5, 0.6) is 5.75 Å². The Morgan fingerprint density at radius 2 is 2.18 bits per heavy atom. The van der Waals surface area contributed by atoms with Crippen LogP contribution in [0.1, 0.15) is 12.0 Å². The standard InChI is InChI=1S/C17H17N3O2/c1-12-3-2-4-15(9-12)22-8-7-17(21)19-14-6-5-13-11-18-20-16(13)10-14/h2-6,9-11H,7-8H2,1H3,(H,18,20)(H,19,21). The Balaban J connectivity index is 1.51. The third kappa shape index (κ3) is 3.44. The molecule has 3 aromatic rings. The second kappa shape index (κ2) is 6.30. The third-order valence-electron chi connectivity index (χ3n) is 3.31. The number of aromatic amines is 1. The normalized spacial score (nSPS) is 10.6. The zero-order valence-electron chi connectivity index (χ0n) is 12.3. The molecule has 0 aliphatic carbocycles. The lowest BCUT2D eigenvalue weighted by Crippen LogP contribution is -2.15. The van der Waals surface area contributed by atoms with Gasteiger partial charge in [-0.2, -0.15) is 5.10 Å². The first-order valence-electron chi connectivity index (χ1n) is 7.13. The molecule has 1 heterocycles. The van der Waals surface area contributed by atoms with Crippen molar-refractivity contribution >= 4 is 22.5 Å². The van der Waals surface area contributed by atoms with Gasteiger partial charge in [0, 0.05) is 11.1 Å². The van der Waals surface area contributed by atoms with Crippen molar-refractivity contribution in [2.75, 3.05) is 11.9 Å². The number of ether oxygens (including phenoxy) is 1. The number of amides is 1. The molecule has 5 heteroatoms. The van der Waals surface area contributed by atoms with E-state index in [9.17, 15) is 4.79 Å².